The predicted molar refractivity (Wildman–Crippen MR) is 83.1 cm³/mol. The van der Waals surface area contributed by atoms with Crippen molar-refractivity contribution in [3.05, 3.63) is 60.2 Å². The van der Waals surface area contributed by atoms with Gasteiger partial charge in [0.05, 0.1) is 10.6 Å². The van der Waals surface area contributed by atoms with E-state index in [2.05, 4.69) is 10.1 Å². The molecule has 0 spiro atoms. The minimum absolute atomic E-state index is 0.0727. The van der Waals surface area contributed by atoms with Crippen molar-refractivity contribution in [3.63, 3.8) is 0 Å². The molecular weight excluding hydrogens is 376 g/mol. The summed E-state index contributed by atoms with van der Waals surface area (Å²) in [5, 5.41) is 8.42. The van der Waals surface area contributed by atoms with Gasteiger partial charge in [0.15, 0.2) is 5.82 Å². The number of hydrogen-bond acceptors (Lipinski definition) is 4. The lowest BCUT2D eigenvalue weighted by atomic mass is 10.2. The zero-order chi connectivity index (χ0) is 19.1. The van der Waals surface area contributed by atoms with Crippen LogP contribution in [-0.4, -0.2) is 23.2 Å². The van der Waals surface area contributed by atoms with Crippen LogP contribution in [0.1, 0.15) is 5.82 Å². The molecule has 6 nitrogen and oxygen atoms in total. The molecule has 0 unspecified atom stereocenters. The quantitative estimate of drug-likeness (QED) is 0.701. The van der Waals surface area contributed by atoms with Crippen molar-refractivity contribution in [1.29, 1.82) is 0 Å². The van der Waals surface area contributed by atoms with E-state index in [4.69, 9.17) is 5.14 Å². The van der Waals surface area contributed by atoms with Crippen LogP contribution < -0.4 is 5.14 Å². The fourth-order valence-corrected chi connectivity index (χ4v) is 2.72. The minimum atomic E-state index is -4.81. The molecule has 0 aliphatic rings. The molecule has 2 N–H and O–H groups in total. The summed E-state index contributed by atoms with van der Waals surface area (Å²) >= 11 is 0. The Morgan fingerprint density at radius 3 is 2.23 bits per heavy atom. The van der Waals surface area contributed by atoms with Gasteiger partial charge in [-0.15, -0.1) is 5.10 Å². The zero-order valence-electron chi connectivity index (χ0n) is 12.8. The summed E-state index contributed by atoms with van der Waals surface area (Å²) in [6.07, 6.45) is -4.81. The van der Waals surface area contributed by atoms with E-state index in [1.54, 1.807) is 0 Å². The molecule has 3 aromatic rings. The summed E-state index contributed by atoms with van der Waals surface area (Å²) in [5.74, 6) is -2.32. The highest BCUT2D eigenvalue weighted by atomic mass is 32.2. The number of sulfonamides is 1. The van der Waals surface area contributed by atoms with Crippen molar-refractivity contribution in [1.82, 2.24) is 14.8 Å². The molecule has 0 aliphatic carbocycles. The molecule has 136 valence electrons. The number of benzene rings is 2. The second-order valence-corrected chi connectivity index (χ2v) is 6.78. The van der Waals surface area contributed by atoms with Gasteiger partial charge >= 0.3 is 6.18 Å². The van der Waals surface area contributed by atoms with Gasteiger partial charge in [0.1, 0.15) is 5.82 Å². The van der Waals surface area contributed by atoms with Gasteiger partial charge < -0.3 is 0 Å². The first kappa shape index (κ1) is 18.0. The van der Waals surface area contributed by atoms with E-state index in [-0.39, 0.29) is 22.0 Å². The van der Waals surface area contributed by atoms with E-state index < -0.39 is 27.8 Å². The molecule has 26 heavy (non-hydrogen) atoms. The second kappa shape index (κ2) is 6.18. The van der Waals surface area contributed by atoms with Crippen LogP contribution in [0.3, 0.4) is 0 Å². The monoisotopic (exact) mass is 386 g/mol. The fraction of sp³-hybridized carbons (Fsp3) is 0.0667. The second-order valence-electron chi connectivity index (χ2n) is 5.22. The summed E-state index contributed by atoms with van der Waals surface area (Å²) in [5.41, 5.74) is 0.170. The van der Waals surface area contributed by atoms with E-state index in [1.165, 1.54) is 24.3 Å². The topological polar surface area (TPSA) is 90.9 Å². The molecule has 0 aliphatic heterocycles. The third-order valence-corrected chi connectivity index (χ3v) is 4.28. The smallest absolute Gasteiger partial charge is 0.225 e. The first-order valence-corrected chi connectivity index (χ1v) is 8.54. The Kier molecular flexibility index (Phi) is 4.28. The van der Waals surface area contributed by atoms with Gasteiger partial charge in [0.25, 0.3) is 5.82 Å². The Morgan fingerprint density at radius 1 is 1.04 bits per heavy atom. The average molecular weight is 386 g/mol. The van der Waals surface area contributed by atoms with Gasteiger partial charge in [-0.05, 0) is 36.4 Å². The van der Waals surface area contributed by atoms with E-state index >= 15 is 0 Å². The van der Waals surface area contributed by atoms with Crippen LogP contribution in [0.4, 0.5) is 17.6 Å². The van der Waals surface area contributed by atoms with Crippen molar-refractivity contribution in [2.24, 2.45) is 5.14 Å². The Morgan fingerprint density at radius 2 is 1.69 bits per heavy atom. The third-order valence-electron chi connectivity index (χ3n) is 3.35. The normalized spacial score (nSPS) is 12.3. The Balaban J connectivity index is 2.18. The lowest BCUT2D eigenvalue weighted by Crippen LogP contribution is -2.12. The molecule has 11 heteroatoms. The summed E-state index contributed by atoms with van der Waals surface area (Å²) in [4.78, 5) is 3.24. The molecule has 0 fully saturated rings. The van der Waals surface area contributed by atoms with Crippen LogP contribution in [0.5, 0.6) is 0 Å². The summed E-state index contributed by atoms with van der Waals surface area (Å²) in [6, 6.07) is 9.53. The average Bonchev–Trinajstić information content (AvgIpc) is 3.00. The van der Waals surface area contributed by atoms with Gasteiger partial charge in [-0.2, -0.15) is 13.2 Å². The standard InChI is InChI=1S/C15H10F4N4O2S/c16-10-3-1-2-9(8-10)13-21-14(15(17,18)19)22-23(13)11-4-6-12(7-5-11)26(20,24)25/h1-8H,(H2,20,24,25). The molecule has 0 saturated heterocycles. The molecular formula is C15H10F4N4O2S. The molecule has 0 radical (unpaired) electrons. The Bertz CT molecular complexity index is 1060. The molecule has 3 rings (SSSR count). The molecule has 0 bridgehead atoms. The zero-order valence-corrected chi connectivity index (χ0v) is 13.6. The van der Waals surface area contributed by atoms with Crippen LogP contribution >= 0.6 is 0 Å². The van der Waals surface area contributed by atoms with E-state index in [1.807, 2.05) is 0 Å². The van der Waals surface area contributed by atoms with Crippen LogP contribution in [-0.2, 0) is 16.2 Å². The van der Waals surface area contributed by atoms with E-state index in [9.17, 15) is 26.0 Å². The lowest BCUT2D eigenvalue weighted by molar-refractivity contribution is -0.144. The SMILES string of the molecule is NS(=O)(=O)c1ccc(-n2nc(C(F)(F)F)nc2-c2cccc(F)c2)cc1. The number of aromatic nitrogens is 3. The molecule has 0 saturated carbocycles. The fourth-order valence-electron chi connectivity index (χ4n) is 2.20. The molecule has 0 atom stereocenters. The highest BCUT2D eigenvalue weighted by molar-refractivity contribution is 7.89. The van der Waals surface area contributed by atoms with Crippen molar-refractivity contribution in [3.8, 4) is 17.1 Å². The largest absolute Gasteiger partial charge is 0.453 e. The van der Waals surface area contributed by atoms with Crippen LogP contribution in [0.15, 0.2) is 53.4 Å². The highest BCUT2D eigenvalue weighted by Crippen LogP contribution is 2.30. The van der Waals surface area contributed by atoms with Crippen LogP contribution in [0.2, 0.25) is 0 Å². The van der Waals surface area contributed by atoms with Crippen molar-refractivity contribution >= 4 is 10.0 Å². The number of nitrogens with zero attached hydrogens (tertiary/aromatic N) is 3. The number of nitrogens with two attached hydrogens (primary N) is 1. The molecule has 1 aromatic heterocycles. The van der Waals surface area contributed by atoms with Gasteiger partial charge in [-0.3, -0.25) is 0 Å². The summed E-state index contributed by atoms with van der Waals surface area (Å²) in [6.45, 7) is 0. The van der Waals surface area contributed by atoms with Gasteiger partial charge in [0.2, 0.25) is 10.0 Å². The summed E-state index contributed by atoms with van der Waals surface area (Å²) < 4.78 is 75.9. The third kappa shape index (κ3) is 3.58. The molecule has 1 heterocycles. The van der Waals surface area contributed by atoms with Gasteiger partial charge in [-0.25, -0.2) is 27.6 Å². The number of alkyl halides is 3. The lowest BCUT2D eigenvalue weighted by Gasteiger charge is -2.07. The van der Waals surface area contributed by atoms with Crippen molar-refractivity contribution < 1.29 is 26.0 Å². The maximum absolute atomic E-state index is 13.5. The maximum atomic E-state index is 13.5. The van der Waals surface area contributed by atoms with E-state index in [0.717, 1.165) is 28.9 Å². The first-order valence-electron chi connectivity index (χ1n) is 6.99. The number of primary sulfonamides is 1. The van der Waals surface area contributed by atoms with Crippen molar-refractivity contribution in [2.45, 2.75) is 11.1 Å². The van der Waals surface area contributed by atoms with Gasteiger partial charge in [0, 0.05) is 5.56 Å². The number of halogens is 4. The Hall–Kier alpha value is -2.79. The molecule has 0 amide bonds. The van der Waals surface area contributed by atoms with Crippen LogP contribution in [0, 0.1) is 5.82 Å². The minimum Gasteiger partial charge on any atom is -0.225 e. The predicted octanol–water partition coefficient (Wildman–Crippen LogP) is 2.74. The van der Waals surface area contributed by atoms with Crippen LogP contribution in [0.25, 0.3) is 17.1 Å². The number of rotatable bonds is 3. The van der Waals surface area contributed by atoms with Gasteiger partial charge in [-0.1, -0.05) is 12.1 Å². The van der Waals surface area contributed by atoms with Crippen molar-refractivity contribution in [2.75, 3.05) is 0 Å². The first-order chi connectivity index (χ1) is 12.1. The Labute approximate surface area is 145 Å². The number of hydrogen-bond donors (Lipinski definition) is 1. The highest BCUT2D eigenvalue weighted by Gasteiger charge is 2.37. The maximum Gasteiger partial charge on any atom is 0.453 e. The summed E-state index contributed by atoms with van der Waals surface area (Å²) in [7, 11) is -3.96. The van der Waals surface area contributed by atoms with E-state index in [0.29, 0.717) is 0 Å². The molecule has 2 aromatic carbocycles.